The van der Waals surface area contributed by atoms with Gasteiger partial charge in [-0.1, -0.05) is 6.07 Å². The maximum Gasteiger partial charge on any atom is 0.256 e. The van der Waals surface area contributed by atoms with Crippen LogP contribution < -0.4 is 10.9 Å². The van der Waals surface area contributed by atoms with Crippen LogP contribution in [0.25, 0.3) is 28.0 Å². The standard InChI is InChI=1S/C23H19F3N4O2/c1-12-10-14(24)6-7-15(12)20-16-8-9-19(32)30(21-17(25)4-3-5-18(21)26)22(16)29-23(28-20)27-13(2)11-31/h3-10,13,31H,11H2,1-2H3,(H,27,28,29). The third kappa shape index (κ3) is 3.82. The molecule has 0 amide bonds. The summed E-state index contributed by atoms with van der Waals surface area (Å²) in [6.07, 6.45) is 0. The molecule has 4 aromatic rings. The number of hydrogen-bond acceptors (Lipinski definition) is 5. The number of aliphatic hydroxyl groups excluding tert-OH is 1. The zero-order chi connectivity index (χ0) is 23.0. The molecule has 0 spiro atoms. The number of halogens is 3. The summed E-state index contributed by atoms with van der Waals surface area (Å²) in [5, 5.41) is 12.6. The monoisotopic (exact) mass is 440 g/mol. The van der Waals surface area contributed by atoms with Gasteiger partial charge in [-0.2, -0.15) is 4.98 Å². The second-order valence-corrected chi connectivity index (χ2v) is 7.40. The number of aryl methyl sites for hydroxylation is 1. The number of aromatic nitrogens is 3. The lowest BCUT2D eigenvalue weighted by atomic mass is 10.0. The van der Waals surface area contributed by atoms with Gasteiger partial charge in [-0.3, -0.25) is 9.36 Å². The van der Waals surface area contributed by atoms with E-state index in [1.54, 1.807) is 13.8 Å². The summed E-state index contributed by atoms with van der Waals surface area (Å²) in [7, 11) is 0. The lowest BCUT2D eigenvalue weighted by molar-refractivity contribution is 0.281. The Morgan fingerprint density at radius 3 is 2.44 bits per heavy atom. The first kappa shape index (κ1) is 21.5. The van der Waals surface area contributed by atoms with Crippen LogP contribution in [0.4, 0.5) is 19.1 Å². The van der Waals surface area contributed by atoms with Crippen molar-refractivity contribution in [2.75, 3.05) is 11.9 Å². The van der Waals surface area contributed by atoms with Gasteiger partial charge in [-0.15, -0.1) is 0 Å². The van der Waals surface area contributed by atoms with Gasteiger partial charge in [0.05, 0.1) is 12.3 Å². The fourth-order valence-electron chi connectivity index (χ4n) is 3.46. The fraction of sp³-hybridized carbons (Fsp3) is 0.174. The van der Waals surface area contributed by atoms with E-state index < -0.39 is 34.7 Å². The average molecular weight is 440 g/mol. The zero-order valence-electron chi connectivity index (χ0n) is 17.2. The number of pyridine rings is 1. The van der Waals surface area contributed by atoms with E-state index in [0.29, 0.717) is 22.2 Å². The number of nitrogens with zero attached hydrogens (tertiary/aromatic N) is 3. The molecule has 0 radical (unpaired) electrons. The molecule has 4 rings (SSSR count). The fourth-order valence-corrected chi connectivity index (χ4v) is 3.46. The van der Waals surface area contributed by atoms with Crippen molar-refractivity contribution in [2.24, 2.45) is 0 Å². The van der Waals surface area contributed by atoms with Gasteiger partial charge in [-0.25, -0.2) is 18.2 Å². The van der Waals surface area contributed by atoms with Crippen molar-refractivity contribution in [1.29, 1.82) is 0 Å². The summed E-state index contributed by atoms with van der Waals surface area (Å²) >= 11 is 0. The van der Waals surface area contributed by atoms with Crippen molar-refractivity contribution in [3.05, 3.63) is 81.9 Å². The molecule has 0 aliphatic rings. The Hall–Kier alpha value is -3.72. The first-order valence-electron chi connectivity index (χ1n) is 9.82. The number of rotatable bonds is 5. The molecule has 0 saturated heterocycles. The summed E-state index contributed by atoms with van der Waals surface area (Å²) in [5.74, 6) is -2.26. The van der Waals surface area contributed by atoms with Gasteiger partial charge in [0.25, 0.3) is 5.56 Å². The number of nitrogens with one attached hydrogen (secondary N) is 1. The highest BCUT2D eigenvalue weighted by Gasteiger charge is 2.20. The maximum absolute atomic E-state index is 14.6. The predicted octanol–water partition coefficient (Wildman–Crippen LogP) is 3.97. The summed E-state index contributed by atoms with van der Waals surface area (Å²) in [5.41, 5.74) is 0.167. The van der Waals surface area contributed by atoms with Gasteiger partial charge in [0.1, 0.15) is 23.1 Å². The number of aliphatic hydroxyl groups is 1. The molecule has 0 aliphatic carbocycles. The van der Waals surface area contributed by atoms with E-state index in [9.17, 15) is 23.1 Å². The van der Waals surface area contributed by atoms with Crippen LogP contribution in [0.2, 0.25) is 0 Å². The van der Waals surface area contributed by atoms with Gasteiger partial charge in [0.2, 0.25) is 5.95 Å². The van der Waals surface area contributed by atoms with Crippen LogP contribution in [0.15, 0.2) is 53.3 Å². The first-order chi connectivity index (χ1) is 15.3. The van der Waals surface area contributed by atoms with Crippen LogP contribution in [-0.4, -0.2) is 32.3 Å². The van der Waals surface area contributed by atoms with E-state index >= 15 is 0 Å². The largest absolute Gasteiger partial charge is 0.394 e. The first-order valence-corrected chi connectivity index (χ1v) is 9.82. The third-order valence-electron chi connectivity index (χ3n) is 5.00. The second kappa shape index (κ2) is 8.43. The highest BCUT2D eigenvalue weighted by molar-refractivity contribution is 5.93. The SMILES string of the molecule is Cc1cc(F)ccc1-c1nc(NC(C)CO)nc2c1ccc(=O)n2-c1c(F)cccc1F. The van der Waals surface area contributed by atoms with Gasteiger partial charge in [0, 0.05) is 23.1 Å². The smallest absolute Gasteiger partial charge is 0.256 e. The Bertz CT molecular complexity index is 1370. The lowest BCUT2D eigenvalue weighted by Gasteiger charge is -2.17. The molecule has 0 bridgehead atoms. The Morgan fingerprint density at radius 2 is 1.78 bits per heavy atom. The van der Waals surface area contributed by atoms with Crippen LogP contribution in [0, 0.1) is 24.4 Å². The van der Waals surface area contributed by atoms with Gasteiger partial charge in [-0.05, 0) is 55.8 Å². The highest BCUT2D eigenvalue weighted by Crippen LogP contribution is 2.31. The van der Waals surface area contributed by atoms with E-state index in [4.69, 9.17) is 0 Å². The van der Waals surface area contributed by atoms with Crippen LogP contribution in [0.3, 0.4) is 0 Å². The molecule has 2 aromatic carbocycles. The van der Waals surface area contributed by atoms with E-state index in [0.717, 1.165) is 16.7 Å². The Kier molecular flexibility index (Phi) is 5.67. The summed E-state index contributed by atoms with van der Waals surface area (Å²) in [6.45, 7) is 3.16. The molecule has 1 unspecified atom stereocenters. The van der Waals surface area contributed by atoms with Crippen molar-refractivity contribution in [3.8, 4) is 16.9 Å². The average Bonchev–Trinajstić information content (AvgIpc) is 2.74. The zero-order valence-corrected chi connectivity index (χ0v) is 17.2. The van der Waals surface area contributed by atoms with Gasteiger partial charge < -0.3 is 10.4 Å². The third-order valence-corrected chi connectivity index (χ3v) is 5.00. The van der Waals surface area contributed by atoms with Crippen molar-refractivity contribution >= 4 is 17.0 Å². The number of para-hydroxylation sites is 1. The van der Waals surface area contributed by atoms with E-state index in [-0.39, 0.29) is 18.2 Å². The molecule has 2 aromatic heterocycles. The van der Waals surface area contributed by atoms with Crippen LogP contribution in [0.1, 0.15) is 12.5 Å². The van der Waals surface area contributed by atoms with Gasteiger partial charge in [0.15, 0.2) is 5.65 Å². The molecule has 164 valence electrons. The molecular formula is C23H19F3N4O2. The molecule has 2 N–H and O–H groups in total. The minimum Gasteiger partial charge on any atom is -0.394 e. The molecule has 32 heavy (non-hydrogen) atoms. The minimum atomic E-state index is -0.934. The quantitative estimate of drug-likeness (QED) is 0.491. The number of benzene rings is 2. The molecule has 9 heteroatoms. The normalized spacial score (nSPS) is 12.2. The summed E-state index contributed by atoms with van der Waals surface area (Å²) in [4.78, 5) is 21.6. The van der Waals surface area contributed by atoms with E-state index in [1.165, 1.54) is 36.4 Å². The molecule has 0 aliphatic heterocycles. The van der Waals surface area contributed by atoms with Gasteiger partial charge >= 0.3 is 0 Å². The predicted molar refractivity (Wildman–Crippen MR) is 115 cm³/mol. The van der Waals surface area contributed by atoms with Crippen molar-refractivity contribution in [3.63, 3.8) is 0 Å². The summed E-state index contributed by atoms with van der Waals surface area (Å²) in [6, 6.07) is 9.61. The van der Waals surface area contributed by atoms with Crippen molar-refractivity contribution < 1.29 is 18.3 Å². The lowest BCUT2D eigenvalue weighted by Crippen LogP contribution is -2.24. The van der Waals surface area contributed by atoms with Crippen LogP contribution in [0.5, 0.6) is 0 Å². The topological polar surface area (TPSA) is 80.0 Å². The Morgan fingerprint density at radius 1 is 1.06 bits per heavy atom. The van der Waals surface area contributed by atoms with Crippen LogP contribution in [-0.2, 0) is 0 Å². The van der Waals surface area contributed by atoms with E-state index in [2.05, 4.69) is 15.3 Å². The molecule has 2 heterocycles. The Balaban J connectivity index is 2.12. The van der Waals surface area contributed by atoms with Crippen LogP contribution >= 0.6 is 0 Å². The number of anilines is 1. The number of fused-ring (bicyclic) bond motifs is 1. The van der Waals surface area contributed by atoms with Crippen molar-refractivity contribution in [2.45, 2.75) is 19.9 Å². The van der Waals surface area contributed by atoms with Crippen molar-refractivity contribution in [1.82, 2.24) is 14.5 Å². The molecule has 6 nitrogen and oxygen atoms in total. The highest BCUT2D eigenvalue weighted by atomic mass is 19.1. The molecular weight excluding hydrogens is 421 g/mol. The molecule has 0 fully saturated rings. The maximum atomic E-state index is 14.6. The minimum absolute atomic E-state index is 0.0360. The molecule has 1 atom stereocenters. The second-order valence-electron chi connectivity index (χ2n) is 7.40. The molecule has 0 saturated carbocycles. The Labute approximate surface area is 181 Å². The summed E-state index contributed by atoms with van der Waals surface area (Å²) < 4.78 is 43.8. The number of hydrogen-bond donors (Lipinski definition) is 2. The van der Waals surface area contributed by atoms with E-state index in [1.807, 2.05) is 0 Å².